The van der Waals surface area contributed by atoms with Crippen LogP contribution in [0.3, 0.4) is 0 Å². The van der Waals surface area contributed by atoms with Crippen LogP contribution in [0.25, 0.3) is 0 Å². The van der Waals surface area contributed by atoms with E-state index in [-0.39, 0.29) is 17.6 Å². The van der Waals surface area contributed by atoms with Crippen molar-refractivity contribution in [3.63, 3.8) is 0 Å². The molecule has 30 heavy (non-hydrogen) atoms. The summed E-state index contributed by atoms with van der Waals surface area (Å²) in [4.78, 5) is 37.9. The highest BCUT2D eigenvalue weighted by molar-refractivity contribution is 5.93. The molecule has 0 N–H and O–H groups in total. The van der Waals surface area contributed by atoms with E-state index in [4.69, 9.17) is 4.74 Å². The maximum atomic E-state index is 13.3. The molecule has 2 aromatic rings. The van der Waals surface area contributed by atoms with E-state index in [0.717, 1.165) is 11.3 Å². The molecule has 0 unspecified atom stereocenters. The molecular formula is C22H21FN4O3. The number of hydrogen-bond acceptors (Lipinski definition) is 5. The number of amides is 2. The van der Waals surface area contributed by atoms with E-state index >= 15 is 0 Å². The van der Waals surface area contributed by atoms with Gasteiger partial charge in [0.05, 0.1) is 36.7 Å². The number of nitrogens with zero attached hydrogens (tertiary/aromatic N) is 4. The summed E-state index contributed by atoms with van der Waals surface area (Å²) in [6.07, 6.45) is 6.50. The number of carbonyl (C=O) groups excluding carboxylic acids is 2. The summed E-state index contributed by atoms with van der Waals surface area (Å²) in [6.45, 7) is 1.08. The summed E-state index contributed by atoms with van der Waals surface area (Å²) in [5, 5.41) is 0. The molecule has 7 nitrogen and oxygen atoms in total. The molecule has 4 atom stereocenters. The van der Waals surface area contributed by atoms with E-state index in [9.17, 15) is 14.0 Å². The first kappa shape index (κ1) is 18.9. The van der Waals surface area contributed by atoms with Crippen molar-refractivity contribution in [1.82, 2.24) is 19.8 Å². The van der Waals surface area contributed by atoms with Gasteiger partial charge in [-0.25, -0.2) is 14.4 Å². The molecule has 1 spiro atoms. The zero-order valence-electron chi connectivity index (χ0n) is 16.4. The number of fused-ring (bicyclic) bond motifs is 1. The summed E-state index contributed by atoms with van der Waals surface area (Å²) in [5.74, 6) is -1.66. The van der Waals surface area contributed by atoms with Crippen molar-refractivity contribution in [3.05, 3.63) is 72.1 Å². The number of hydrogen-bond donors (Lipinski definition) is 0. The second-order valence-electron chi connectivity index (χ2n) is 8.12. The van der Waals surface area contributed by atoms with E-state index in [1.165, 1.54) is 18.5 Å². The smallest absolute Gasteiger partial charge is 0.230 e. The first-order chi connectivity index (χ1) is 14.5. The quantitative estimate of drug-likeness (QED) is 0.702. The predicted octanol–water partition coefficient (Wildman–Crippen LogP) is 1.56. The van der Waals surface area contributed by atoms with Crippen molar-refractivity contribution < 1.29 is 18.7 Å². The number of aromatic nitrogens is 2. The molecule has 5 rings (SSSR count). The van der Waals surface area contributed by atoms with E-state index in [0.29, 0.717) is 19.6 Å². The molecule has 4 heterocycles. The monoisotopic (exact) mass is 408 g/mol. The Labute approximate surface area is 173 Å². The summed E-state index contributed by atoms with van der Waals surface area (Å²) < 4.78 is 19.4. The molecule has 0 aliphatic carbocycles. The van der Waals surface area contributed by atoms with Crippen LogP contribution in [0, 0.1) is 17.7 Å². The largest absolute Gasteiger partial charge is 0.360 e. The minimum Gasteiger partial charge on any atom is -0.360 e. The zero-order valence-corrected chi connectivity index (χ0v) is 16.4. The van der Waals surface area contributed by atoms with E-state index in [1.807, 2.05) is 12.2 Å². The van der Waals surface area contributed by atoms with Crippen LogP contribution in [0.5, 0.6) is 0 Å². The Morgan fingerprint density at radius 3 is 2.87 bits per heavy atom. The normalized spacial score (nSPS) is 28.8. The van der Waals surface area contributed by atoms with Gasteiger partial charge in [-0.05, 0) is 23.8 Å². The van der Waals surface area contributed by atoms with Crippen LogP contribution in [0.15, 0.2) is 55.0 Å². The van der Waals surface area contributed by atoms with Gasteiger partial charge in [-0.3, -0.25) is 9.59 Å². The summed E-state index contributed by atoms with van der Waals surface area (Å²) in [5.41, 5.74) is 0.798. The third-order valence-corrected chi connectivity index (χ3v) is 6.17. The minimum absolute atomic E-state index is 0.0973. The van der Waals surface area contributed by atoms with Gasteiger partial charge < -0.3 is 14.5 Å². The van der Waals surface area contributed by atoms with Crippen molar-refractivity contribution in [1.29, 1.82) is 0 Å². The lowest BCUT2D eigenvalue weighted by Crippen LogP contribution is -2.44. The van der Waals surface area contributed by atoms with Crippen LogP contribution in [-0.2, 0) is 27.4 Å². The van der Waals surface area contributed by atoms with E-state index in [1.54, 1.807) is 41.2 Å². The number of likely N-dealkylation sites (tertiary alicyclic amines) is 1. The topological polar surface area (TPSA) is 75.6 Å². The number of benzene rings is 1. The minimum atomic E-state index is -0.766. The van der Waals surface area contributed by atoms with Crippen LogP contribution in [-0.4, -0.2) is 56.9 Å². The average Bonchev–Trinajstić information content (AvgIpc) is 3.38. The summed E-state index contributed by atoms with van der Waals surface area (Å²) in [6, 6.07) is 7.85. The number of ether oxygens (including phenoxy) is 1. The molecule has 2 fully saturated rings. The van der Waals surface area contributed by atoms with Crippen molar-refractivity contribution in [3.8, 4) is 0 Å². The van der Waals surface area contributed by atoms with Gasteiger partial charge in [0.25, 0.3) is 0 Å². The van der Waals surface area contributed by atoms with Gasteiger partial charge in [-0.15, -0.1) is 0 Å². The lowest BCUT2D eigenvalue weighted by atomic mass is 9.76. The number of halogens is 1. The van der Waals surface area contributed by atoms with Gasteiger partial charge in [-0.1, -0.05) is 24.3 Å². The first-order valence-corrected chi connectivity index (χ1v) is 9.87. The first-order valence-electron chi connectivity index (χ1n) is 9.87. The Hall–Kier alpha value is -3.13. The summed E-state index contributed by atoms with van der Waals surface area (Å²) >= 11 is 0. The maximum Gasteiger partial charge on any atom is 0.230 e. The fourth-order valence-electron chi connectivity index (χ4n) is 4.79. The average molecular weight is 408 g/mol. The summed E-state index contributed by atoms with van der Waals surface area (Å²) in [7, 11) is 1.71. The van der Waals surface area contributed by atoms with Crippen LogP contribution in [0.2, 0.25) is 0 Å². The molecule has 3 aliphatic rings. The van der Waals surface area contributed by atoms with Gasteiger partial charge >= 0.3 is 0 Å². The second kappa shape index (κ2) is 6.98. The molecule has 154 valence electrons. The van der Waals surface area contributed by atoms with E-state index in [2.05, 4.69) is 9.97 Å². The Kier molecular flexibility index (Phi) is 4.39. The Bertz CT molecular complexity index is 1010. The zero-order chi connectivity index (χ0) is 20.9. The SMILES string of the molecule is CN(Cc1ccncn1)C(=O)[C@H]1[C@@H]2C=C[C@@]3(CN(Cc4ccc(F)cc4)C(=O)[C@H]13)O2. The molecule has 2 amide bonds. The van der Waals surface area contributed by atoms with Crippen LogP contribution in [0.4, 0.5) is 4.39 Å². The van der Waals surface area contributed by atoms with Crippen LogP contribution >= 0.6 is 0 Å². The Balaban J connectivity index is 1.35. The third-order valence-electron chi connectivity index (χ3n) is 6.17. The molecular weight excluding hydrogens is 387 g/mol. The van der Waals surface area contributed by atoms with Gasteiger partial charge in [0, 0.05) is 19.8 Å². The van der Waals surface area contributed by atoms with Crippen molar-refractivity contribution in [2.75, 3.05) is 13.6 Å². The number of carbonyl (C=O) groups is 2. The standard InChI is InChI=1S/C22H21FN4O3/c1-26(11-16-7-9-24-13-25-16)20(28)18-17-6-8-22(30-17)12-27(21(29)19(18)22)10-14-2-4-15(23)5-3-14/h2-9,13,17-19H,10-12H2,1H3/t17-,18-,19-,22-/m0/s1. The molecule has 2 bridgehead atoms. The highest BCUT2D eigenvalue weighted by Gasteiger charge is 2.67. The fourth-order valence-corrected chi connectivity index (χ4v) is 4.79. The molecule has 0 radical (unpaired) electrons. The highest BCUT2D eigenvalue weighted by Crippen LogP contribution is 2.52. The Morgan fingerprint density at radius 2 is 2.13 bits per heavy atom. The van der Waals surface area contributed by atoms with Gasteiger partial charge in [0.1, 0.15) is 17.7 Å². The molecule has 3 aliphatic heterocycles. The molecule has 8 heteroatoms. The molecule has 2 saturated heterocycles. The van der Waals surface area contributed by atoms with Gasteiger partial charge in [-0.2, -0.15) is 0 Å². The second-order valence-corrected chi connectivity index (χ2v) is 8.12. The van der Waals surface area contributed by atoms with Gasteiger partial charge in [0.2, 0.25) is 11.8 Å². The maximum absolute atomic E-state index is 13.3. The van der Waals surface area contributed by atoms with Crippen molar-refractivity contribution in [2.24, 2.45) is 11.8 Å². The molecule has 1 aromatic carbocycles. The van der Waals surface area contributed by atoms with Crippen molar-refractivity contribution in [2.45, 2.75) is 24.8 Å². The third kappa shape index (κ3) is 2.99. The Morgan fingerprint density at radius 1 is 1.33 bits per heavy atom. The van der Waals surface area contributed by atoms with Crippen LogP contribution in [0.1, 0.15) is 11.3 Å². The fraction of sp³-hybridized carbons (Fsp3) is 0.364. The van der Waals surface area contributed by atoms with E-state index < -0.39 is 23.5 Å². The highest BCUT2D eigenvalue weighted by atomic mass is 19.1. The van der Waals surface area contributed by atoms with Crippen molar-refractivity contribution >= 4 is 11.8 Å². The molecule has 0 saturated carbocycles. The van der Waals surface area contributed by atoms with Crippen LogP contribution < -0.4 is 0 Å². The number of rotatable bonds is 5. The molecule has 1 aromatic heterocycles. The predicted molar refractivity (Wildman–Crippen MR) is 104 cm³/mol. The van der Waals surface area contributed by atoms with Gasteiger partial charge in [0.15, 0.2) is 0 Å². The lowest BCUT2D eigenvalue weighted by molar-refractivity contribution is -0.142. The lowest BCUT2D eigenvalue weighted by Gasteiger charge is -2.27.